The van der Waals surface area contributed by atoms with Gasteiger partial charge in [-0.15, -0.1) is 0 Å². The zero-order valence-electron chi connectivity index (χ0n) is 21.7. The molecule has 9 nitrogen and oxygen atoms in total. The third kappa shape index (κ3) is 7.54. The lowest BCUT2D eigenvalue weighted by molar-refractivity contribution is -0.139. The van der Waals surface area contributed by atoms with E-state index in [-0.39, 0.29) is 12.1 Å². The van der Waals surface area contributed by atoms with Crippen LogP contribution in [0.25, 0.3) is 10.9 Å². The maximum Gasteiger partial charge on any atom is 0.341 e. The number of hydrogen-bond acceptors (Lipinski definition) is 6. The zero-order chi connectivity index (χ0) is 27.0. The van der Waals surface area contributed by atoms with E-state index >= 15 is 0 Å². The van der Waals surface area contributed by atoms with Crippen LogP contribution in [0.2, 0.25) is 0 Å². The Balaban J connectivity index is 0.000000266. The highest BCUT2D eigenvalue weighted by Gasteiger charge is 2.13. The van der Waals surface area contributed by atoms with Gasteiger partial charge in [0.1, 0.15) is 17.2 Å². The number of amides is 1. The number of carbonyl (C=O) groups excluding carboxylic acids is 1. The van der Waals surface area contributed by atoms with Crippen molar-refractivity contribution < 1.29 is 24.2 Å². The molecule has 194 valence electrons. The van der Waals surface area contributed by atoms with E-state index in [1.807, 2.05) is 39.8 Å². The number of aryl methyl sites for hydroxylation is 2. The van der Waals surface area contributed by atoms with Crippen LogP contribution in [0.4, 0.5) is 5.69 Å². The third-order valence-corrected chi connectivity index (χ3v) is 5.40. The van der Waals surface area contributed by atoms with E-state index in [4.69, 9.17) is 14.6 Å². The first-order valence-electron chi connectivity index (χ1n) is 11.9. The van der Waals surface area contributed by atoms with Gasteiger partial charge in [0.05, 0.1) is 22.9 Å². The van der Waals surface area contributed by atoms with Crippen LogP contribution in [-0.4, -0.2) is 38.9 Å². The summed E-state index contributed by atoms with van der Waals surface area (Å²) in [5, 5.41) is 16.2. The molecule has 0 fully saturated rings. The summed E-state index contributed by atoms with van der Waals surface area (Å²) >= 11 is 0. The van der Waals surface area contributed by atoms with E-state index in [1.165, 1.54) is 5.56 Å². The molecule has 0 atom stereocenters. The second kappa shape index (κ2) is 12.0. The summed E-state index contributed by atoms with van der Waals surface area (Å²) in [5.41, 5.74) is 3.75. The Morgan fingerprint density at radius 2 is 1.92 bits per heavy atom. The summed E-state index contributed by atoms with van der Waals surface area (Å²) in [4.78, 5) is 25.1. The summed E-state index contributed by atoms with van der Waals surface area (Å²) in [6.45, 7) is 9.88. The second-order valence-corrected chi connectivity index (χ2v) is 9.33. The van der Waals surface area contributed by atoms with Gasteiger partial charge in [0.15, 0.2) is 6.61 Å². The first-order chi connectivity index (χ1) is 17.6. The lowest BCUT2D eigenvalue weighted by atomic mass is 10.1. The van der Waals surface area contributed by atoms with Crippen molar-refractivity contribution in [3.8, 4) is 17.2 Å². The molecular formula is C28H32N4O5. The first kappa shape index (κ1) is 27.2. The quantitative estimate of drug-likeness (QED) is 0.302. The molecule has 4 aromatic rings. The smallest absolute Gasteiger partial charge is 0.341 e. The summed E-state index contributed by atoms with van der Waals surface area (Å²) < 4.78 is 13.1. The van der Waals surface area contributed by atoms with Crippen LogP contribution < -0.4 is 14.8 Å². The van der Waals surface area contributed by atoms with Gasteiger partial charge in [0, 0.05) is 17.8 Å². The molecular weight excluding hydrogens is 472 g/mol. The normalized spacial score (nSPS) is 10.8. The van der Waals surface area contributed by atoms with Crippen LogP contribution in [0.5, 0.6) is 17.2 Å². The summed E-state index contributed by atoms with van der Waals surface area (Å²) in [5.74, 6) is 0.875. The maximum atomic E-state index is 10.7. The monoisotopic (exact) mass is 504 g/mol. The van der Waals surface area contributed by atoms with Crippen LogP contribution in [-0.2, 0) is 21.5 Å². The average Bonchev–Trinajstić information content (AvgIpc) is 3.34. The Bertz CT molecular complexity index is 1370. The Labute approximate surface area is 216 Å². The number of hydrogen-bond donors (Lipinski definition) is 2. The van der Waals surface area contributed by atoms with Crippen molar-refractivity contribution in [2.45, 2.75) is 46.6 Å². The molecule has 2 aromatic carbocycles. The van der Waals surface area contributed by atoms with Crippen LogP contribution in [0.15, 0.2) is 61.1 Å². The topological polar surface area (TPSA) is 116 Å². The van der Waals surface area contributed by atoms with Gasteiger partial charge in [-0.3, -0.25) is 14.5 Å². The fraction of sp³-hybridized carbons (Fsp3) is 0.286. The predicted octanol–water partition coefficient (Wildman–Crippen LogP) is 5.57. The molecule has 37 heavy (non-hydrogen) atoms. The lowest BCUT2D eigenvalue weighted by Gasteiger charge is -2.18. The van der Waals surface area contributed by atoms with E-state index < -0.39 is 5.97 Å². The maximum absolute atomic E-state index is 10.7. The fourth-order valence-corrected chi connectivity index (χ4v) is 3.42. The minimum Gasteiger partial charge on any atom is -0.482 e. The van der Waals surface area contributed by atoms with Crippen molar-refractivity contribution in [2.75, 3.05) is 11.9 Å². The standard InChI is InChI=1S/C20H19NO4.C8H13N3O/c1-3-14-4-7-18(13(2)10-14)25-19-8-9-21-17-6-5-15(11-16(17)19)24-12-20(22)23;1-8(2,3)11-5-7(4-10-11)9-6-12/h4-11H,3,12H2,1-2H3,(H,22,23);4-6H,1-3H3,(H,9,12). The van der Waals surface area contributed by atoms with Crippen molar-refractivity contribution in [3.63, 3.8) is 0 Å². The first-order valence-corrected chi connectivity index (χ1v) is 11.9. The highest BCUT2D eigenvalue weighted by Crippen LogP contribution is 2.33. The summed E-state index contributed by atoms with van der Waals surface area (Å²) in [6.07, 6.45) is 6.73. The molecule has 4 rings (SSSR count). The average molecular weight is 505 g/mol. The van der Waals surface area contributed by atoms with Gasteiger partial charge in [-0.05, 0) is 75.6 Å². The van der Waals surface area contributed by atoms with Crippen molar-refractivity contribution in [1.82, 2.24) is 14.8 Å². The minimum absolute atomic E-state index is 0.0389. The minimum atomic E-state index is -1.02. The van der Waals surface area contributed by atoms with E-state index in [0.29, 0.717) is 17.9 Å². The zero-order valence-corrected chi connectivity index (χ0v) is 21.7. The number of nitrogens with one attached hydrogen (secondary N) is 1. The number of anilines is 1. The molecule has 0 spiro atoms. The molecule has 0 aliphatic carbocycles. The Hall–Kier alpha value is -4.40. The van der Waals surface area contributed by atoms with Gasteiger partial charge in [-0.1, -0.05) is 19.1 Å². The Morgan fingerprint density at radius 3 is 2.54 bits per heavy atom. The van der Waals surface area contributed by atoms with E-state index in [1.54, 1.807) is 47.5 Å². The predicted molar refractivity (Wildman–Crippen MR) is 142 cm³/mol. The number of pyridine rings is 1. The van der Waals surface area contributed by atoms with Crippen molar-refractivity contribution in [1.29, 1.82) is 0 Å². The number of fused-ring (bicyclic) bond motifs is 1. The van der Waals surface area contributed by atoms with Gasteiger partial charge < -0.3 is 19.9 Å². The molecule has 0 saturated carbocycles. The number of carboxylic acid groups (broad SMARTS) is 1. The van der Waals surface area contributed by atoms with Gasteiger partial charge >= 0.3 is 5.97 Å². The van der Waals surface area contributed by atoms with Crippen LogP contribution >= 0.6 is 0 Å². The van der Waals surface area contributed by atoms with Crippen molar-refractivity contribution >= 4 is 29.0 Å². The van der Waals surface area contributed by atoms with E-state index in [9.17, 15) is 9.59 Å². The van der Waals surface area contributed by atoms with E-state index in [0.717, 1.165) is 34.3 Å². The number of aromatic nitrogens is 3. The Morgan fingerprint density at radius 1 is 1.14 bits per heavy atom. The molecule has 2 N–H and O–H groups in total. The number of nitrogens with zero attached hydrogens (tertiary/aromatic N) is 3. The molecule has 9 heteroatoms. The molecule has 0 radical (unpaired) electrons. The number of benzene rings is 2. The third-order valence-electron chi connectivity index (χ3n) is 5.40. The van der Waals surface area contributed by atoms with Crippen molar-refractivity contribution in [3.05, 3.63) is 72.2 Å². The molecule has 0 bridgehead atoms. The van der Waals surface area contributed by atoms with Gasteiger partial charge in [0.2, 0.25) is 6.41 Å². The largest absolute Gasteiger partial charge is 0.482 e. The molecule has 1 amide bonds. The lowest BCUT2D eigenvalue weighted by Crippen LogP contribution is -2.21. The number of rotatable bonds is 8. The van der Waals surface area contributed by atoms with Gasteiger partial charge in [-0.2, -0.15) is 5.10 Å². The Kier molecular flexibility index (Phi) is 8.84. The summed E-state index contributed by atoms with van der Waals surface area (Å²) in [7, 11) is 0. The van der Waals surface area contributed by atoms with Crippen LogP contribution in [0.3, 0.4) is 0 Å². The van der Waals surface area contributed by atoms with Gasteiger partial charge in [0.25, 0.3) is 0 Å². The highest BCUT2D eigenvalue weighted by molar-refractivity contribution is 5.86. The SMILES string of the molecule is CC(C)(C)n1cc(NC=O)cn1.CCc1ccc(Oc2ccnc3ccc(OCC(=O)O)cc23)c(C)c1. The molecule has 2 heterocycles. The molecule has 0 unspecified atom stereocenters. The number of carbonyl (C=O) groups is 2. The molecule has 0 aliphatic rings. The highest BCUT2D eigenvalue weighted by atomic mass is 16.5. The number of aliphatic carboxylic acids is 1. The molecule has 0 aliphatic heterocycles. The number of carboxylic acids is 1. The summed E-state index contributed by atoms with van der Waals surface area (Å²) in [6, 6.07) is 13.1. The molecule has 2 aromatic heterocycles. The van der Waals surface area contributed by atoms with Gasteiger partial charge in [-0.25, -0.2) is 4.79 Å². The van der Waals surface area contributed by atoms with Crippen LogP contribution in [0.1, 0.15) is 38.8 Å². The van der Waals surface area contributed by atoms with E-state index in [2.05, 4.69) is 28.4 Å². The fourth-order valence-electron chi connectivity index (χ4n) is 3.42. The van der Waals surface area contributed by atoms with Crippen LogP contribution in [0, 0.1) is 6.92 Å². The van der Waals surface area contributed by atoms with Crippen molar-refractivity contribution in [2.24, 2.45) is 0 Å². The number of ether oxygens (including phenoxy) is 2. The molecule has 0 saturated heterocycles. The second-order valence-electron chi connectivity index (χ2n) is 9.33.